The zero-order valence-corrected chi connectivity index (χ0v) is 17.8. The highest BCUT2D eigenvalue weighted by molar-refractivity contribution is 7.89. The summed E-state index contributed by atoms with van der Waals surface area (Å²) in [5.74, 6) is 0.0942. The number of carbonyl (C=O) groups excluding carboxylic acids is 1. The lowest BCUT2D eigenvalue weighted by Crippen LogP contribution is -2.38. The molecule has 2 heterocycles. The molecule has 1 aromatic heterocycles. The molecule has 1 aliphatic rings. The maximum atomic E-state index is 13.0. The molecule has 31 heavy (non-hydrogen) atoms. The third kappa shape index (κ3) is 5.15. The highest BCUT2D eigenvalue weighted by atomic mass is 32.2. The molecule has 0 spiro atoms. The number of nitrogens with zero attached hydrogens (tertiary/aromatic N) is 3. The standard InChI is InChI=1S/C23H24N4O3S/c28-23(22-17-24-12-13-25-22)26-20-6-8-21(9-7-20)31(29,30)27-14-10-19(11-15-27)16-18-4-2-1-3-5-18/h1-9,12-13,17,19H,10-11,14-16H2,(H,26,28). The predicted octanol–water partition coefficient (Wildman–Crippen LogP) is 3.37. The molecule has 3 aromatic rings. The average molecular weight is 437 g/mol. The molecule has 2 aromatic carbocycles. The molecule has 1 saturated heterocycles. The van der Waals surface area contributed by atoms with Crippen LogP contribution in [0.1, 0.15) is 28.9 Å². The largest absolute Gasteiger partial charge is 0.321 e. The van der Waals surface area contributed by atoms with Crippen molar-refractivity contribution in [1.29, 1.82) is 0 Å². The van der Waals surface area contributed by atoms with Gasteiger partial charge in [-0.2, -0.15) is 4.31 Å². The van der Waals surface area contributed by atoms with E-state index in [1.165, 1.54) is 36.3 Å². The first-order valence-electron chi connectivity index (χ1n) is 10.2. The van der Waals surface area contributed by atoms with Crippen LogP contribution in [0.25, 0.3) is 0 Å². The molecular formula is C23H24N4O3S. The second-order valence-corrected chi connectivity index (χ2v) is 9.54. The number of aromatic nitrogens is 2. The smallest absolute Gasteiger partial charge is 0.275 e. The first-order valence-corrected chi connectivity index (χ1v) is 11.7. The average Bonchev–Trinajstić information content (AvgIpc) is 2.81. The molecule has 1 aliphatic heterocycles. The molecule has 0 bridgehead atoms. The van der Waals surface area contributed by atoms with Crippen LogP contribution in [-0.4, -0.2) is 41.7 Å². The van der Waals surface area contributed by atoms with Crippen molar-refractivity contribution in [3.8, 4) is 0 Å². The molecule has 0 unspecified atom stereocenters. The summed E-state index contributed by atoms with van der Waals surface area (Å²) >= 11 is 0. The van der Waals surface area contributed by atoms with Crippen molar-refractivity contribution >= 4 is 21.6 Å². The van der Waals surface area contributed by atoms with E-state index in [0.29, 0.717) is 24.7 Å². The molecule has 0 aliphatic carbocycles. The van der Waals surface area contributed by atoms with E-state index in [0.717, 1.165) is 19.3 Å². The number of hydrogen-bond acceptors (Lipinski definition) is 5. The van der Waals surface area contributed by atoms with Crippen molar-refractivity contribution in [2.24, 2.45) is 5.92 Å². The number of anilines is 1. The first kappa shape index (κ1) is 21.1. The van der Waals surface area contributed by atoms with Gasteiger partial charge in [0.2, 0.25) is 10.0 Å². The van der Waals surface area contributed by atoms with E-state index in [4.69, 9.17) is 0 Å². The van der Waals surface area contributed by atoms with Gasteiger partial charge >= 0.3 is 0 Å². The van der Waals surface area contributed by atoms with Crippen LogP contribution in [0.5, 0.6) is 0 Å². The van der Waals surface area contributed by atoms with Crippen molar-refractivity contribution in [2.75, 3.05) is 18.4 Å². The molecule has 8 heteroatoms. The number of rotatable bonds is 6. The van der Waals surface area contributed by atoms with Crippen molar-refractivity contribution in [3.05, 3.63) is 84.4 Å². The minimum Gasteiger partial charge on any atom is -0.321 e. The summed E-state index contributed by atoms with van der Waals surface area (Å²) in [4.78, 5) is 20.2. The topological polar surface area (TPSA) is 92.3 Å². The number of sulfonamides is 1. The summed E-state index contributed by atoms with van der Waals surface area (Å²) in [5.41, 5.74) is 1.98. The van der Waals surface area contributed by atoms with Gasteiger partial charge in [0.05, 0.1) is 11.1 Å². The minimum atomic E-state index is -3.56. The molecular weight excluding hydrogens is 412 g/mol. The van der Waals surface area contributed by atoms with Crippen LogP contribution < -0.4 is 5.32 Å². The van der Waals surface area contributed by atoms with Gasteiger partial charge in [-0.3, -0.25) is 9.78 Å². The molecule has 1 amide bonds. The summed E-state index contributed by atoms with van der Waals surface area (Å²) in [5, 5.41) is 2.70. The predicted molar refractivity (Wildman–Crippen MR) is 118 cm³/mol. The van der Waals surface area contributed by atoms with Crippen LogP contribution in [-0.2, 0) is 16.4 Å². The number of nitrogens with one attached hydrogen (secondary N) is 1. The SMILES string of the molecule is O=C(Nc1ccc(S(=O)(=O)N2CCC(Cc3ccccc3)CC2)cc1)c1cnccn1. The van der Waals surface area contributed by atoms with E-state index in [2.05, 4.69) is 27.4 Å². The molecule has 0 atom stereocenters. The summed E-state index contributed by atoms with van der Waals surface area (Å²) < 4.78 is 27.6. The van der Waals surface area contributed by atoms with Gasteiger partial charge in [0, 0.05) is 31.2 Å². The van der Waals surface area contributed by atoms with E-state index >= 15 is 0 Å². The Morgan fingerprint density at radius 3 is 2.35 bits per heavy atom. The van der Waals surface area contributed by atoms with Gasteiger partial charge < -0.3 is 5.32 Å². The normalized spacial score (nSPS) is 15.5. The Morgan fingerprint density at radius 1 is 1.00 bits per heavy atom. The zero-order valence-electron chi connectivity index (χ0n) is 17.0. The van der Waals surface area contributed by atoms with E-state index in [1.807, 2.05) is 18.2 Å². The van der Waals surface area contributed by atoms with Gasteiger partial charge in [-0.05, 0) is 55.0 Å². The monoisotopic (exact) mass is 436 g/mol. The Bertz CT molecular complexity index is 1110. The second kappa shape index (κ2) is 9.36. The molecule has 1 fully saturated rings. The third-order valence-electron chi connectivity index (χ3n) is 5.49. The molecule has 4 rings (SSSR count). The van der Waals surface area contributed by atoms with Gasteiger partial charge in [-0.15, -0.1) is 0 Å². The van der Waals surface area contributed by atoms with Crippen molar-refractivity contribution in [1.82, 2.24) is 14.3 Å². The molecule has 0 radical (unpaired) electrons. The lowest BCUT2D eigenvalue weighted by molar-refractivity contribution is 0.102. The van der Waals surface area contributed by atoms with Crippen LogP contribution in [0.2, 0.25) is 0 Å². The molecule has 0 saturated carbocycles. The van der Waals surface area contributed by atoms with Gasteiger partial charge in [0.25, 0.3) is 5.91 Å². The Balaban J connectivity index is 1.36. The van der Waals surface area contributed by atoms with E-state index < -0.39 is 15.9 Å². The van der Waals surface area contributed by atoms with Gasteiger partial charge in [0.1, 0.15) is 5.69 Å². The zero-order chi connectivity index (χ0) is 21.7. The summed E-state index contributed by atoms with van der Waals surface area (Å²) in [7, 11) is -3.56. The first-order chi connectivity index (χ1) is 15.0. The Hall–Kier alpha value is -3.10. The summed E-state index contributed by atoms with van der Waals surface area (Å²) in [6.45, 7) is 1.04. The Labute approximate surface area is 182 Å². The quantitative estimate of drug-likeness (QED) is 0.640. The Kier molecular flexibility index (Phi) is 6.39. The van der Waals surface area contributed by atoms with Crippen LogP contribution in [0, 0.1) is 5.92 Å². The van der Waals surface area contributed by atoms with Crippen LogP contribution in [0.4, 0.5) is 5.69 Å². The number of carbonyl (C=O) groups is 1. The van der Waals surface area contributed by atoms with E-state index in [1.54, 1.807) is 16.4 Å². The number of amides is 1. The third-order valence-corrected chi connectivity index (χ3v) is 7.40. The van der Waals surface area contributed by atoms with Gasteiger partial charge in [-0.25, -0.2) is 13.4 Å². The van der Waals surface area contributed by atoms with Crippen LogP contribution in [0.15, 0.2) is 78.1 Å². The van der Waals surface area contributed by atoms with Crippen molar-refractivity contribution in [2.45, 2.75) is 24.2 Å². The molecule has 7 nitrogen and oxygen atoms in total. The number of piperidine rings is 1. The maximum Gasteiger partial charge on any atom is 0.275 e. The fourth-order valence-corrected chi connectivity index (χ4v) is 5.24. The second-order valence-electron chi connectivity index (χ2n) is 7.61. The fraction of sp³-hybridized carbons (Fsp3) is 0.261. The van der Waals surface area contributed by atoms with Crippen LogP contribution >= 0.6 is 0 Å². The van der Waals surface area contributed by atoms with Gasteiger partial charge in [-0.1, -0.05) is 30.3 Å². The Morgan fingerprint density at radius 2 is 1.71 bits per heavy atom. The summed E-state index contributed by atoms with van der Waals surface area (Å²) in [6.07, 6.45) is 6.97. The van der Waals surface area contributed by atoms with E-state index in [-0.39, 0.29) is 10.6 Å². The fourth-order valence-electron chi connectivity index (χ4n) is 3.77. The molecule has 160 valence electrons. The van der Waals surface area contributed by atoms with E-state index in [9.17, 15) is 13.2 Å². The summed E-state index contributed by atoms with van der Waals surface area (Å²) in [6, 6.07) is 16.5. The van der Waals surface area contributed by atoms with Crippen molar-refractivity contribution < 1.29 is 13.2 Å². The van der Waals surface area contributed by atoms with Crippen LogP contribution in [0.3, 0.4) is 0 Å². The minimum absolute atomic E-state index is 0.192. The van der Waals surface area contributed by atoms with Gasteiger partial charge in [0.15, 0.2) is 0 Å². The lowest BCUT2D eigenvalue weighted by Gasteiger charge is -2.31. The number of hydrogen-bond donors (Lipinski definition) is 1. The molecule has 1 N–H and O–H groups in total. The highest BCUT2D eigenvalue weighted by Gasteiger charge is 2.29. The lowest BCUT2D eigenvalue weighted by atomic mass is 9.91. The number of benzene rings is 2. The highest BCUT2D eigenvalue weighted by Crippen LogP contribution is 2.26. The maximum absolute atomic E-state index is 13.0. The van der Waals surface area contributed by atoms with Crippen molar-refractivity contribution in [3.63, 3.8) is 0 Å².